The van der Waals surface area contributed by atoms with E-state index in [1.54, 1.807) is 0 Å². The standard InChI is InChI=1S/C24H33N/c1-3-5-7-13-20(14-8-6-4-2)19-25-23-17-11-9-15-21(23)22-16-10-12-18-24(22)25/h9-12,15-18,20H,3-8,13-14,19H2,1-2H3. The van der Waals surface area contributed by atoms with Crippen LogP contribution in [0.25, 0.3) is 21.8 Å². The molecule has 3 rings (SSSR count). The summed E-state index contributed by atoms with van der Waals surface area (Å²) < 4.78 is 2.59. The third-order valence-electron chi connectivity index (χ3n) is 5.55. The van der Waals surface area contributed by atoms with Crippen molar-refractivity contribution in [2.24, 2.45) is 5.92 Å². The number of benzene rings is 2. The Kier molecular flexibility index (Phi) is 6.55. The van der Waals surface area contributed by atoms with Crippen LogP contribution in [0.4, 0.5) is 0 Å². The lowest BCUT2D eigenvalue weighted by atomic mass is 9.94. The highest BCUT2D eigenvalue weighted by Crippen LogP contribution is 2.31. The highest BCUT2D eigenvalue weighted by Gasteiger charge is 2.14. The van der Waals surface area contributed by atoms with Crippen molar-refractivity contribution in [3.05, 3.63) is 48.5 Å². The molecule has 0 aliphatic rings. The van der Waals surface area contributed by atoms with Crippen molar-refractivity contribution in [3.8, 4) is 0 Å². The van der Waals surface area contributed by atoms with Gasteiger partial charge in [-0.3, -0.25) is 0 Å². The zero-order valence-electron chi connectivity index (χ0n) is 16.0. The second-order valence-electron chi connectivity index (χ2n) is 7.50. The van der Waals surface area contributed by atoms with Gasteiger partial charge in [0.1, 0.15) is 0 Å². The molecule has 0 unspecified atom stereocenters. The molecule has 0 bridgehead atoms. The fourth-order valence-corrected chi connectivity index (χ4v) is 4.15. The molecule has 1 aromatic heterocycles. The quantitative estimate of drug-likeness (QED) is 0.337. The average Bonchev–Trinajstić information content (AvgIpc) is 2.96. The van der Waals surface area contributed by atoms with Gasteiger partial charge < -0.3 is 4.57 Å². The topological polar surface area (TPSA) is 4.93 Å². The summed E-state index contributed by atoms with van der Waals surface area (Å²) in [6.45, 7) is 5.78. The molecule has 1 nitrogen and oxygen atoms in total. The van der Waals surface area contributed by atoms with Crippen molar-refractivity contribution in [2.45, 2.75) is 71.8 Å². The second kappa shape index (κ2) is 9.08. The molecular formula is C24H33N. The van der Waals surface area contributed by atoms with E-state index in [1.807, 2.05) is 0 Å². The van der Waals surface area contributed by atoms with E-state index in [2.05, 4.69) is 66.9 Å². The Morgan fingerprint density at radius 3 is 1.64 bits per heavy atom. The summed E-state index contributed by atoms with van der Waals surface area (Å²) in [5, 5.41) is 2.80. The Labute approximate surface area is 153 Å². The molecule has 134 valence electrons. The van der Waals surface area contributed by atoms with Gasteiger partial charge in [0.15, 0.2) is 0 Å². The van der Waals surface area contributed by atoms with Gasteiger partial charge in [0.25, 0.3) is 0 Å². The van der Waals surface area contributed by atoms with Gasteiger partial charge in [-0.1, -0.05) is 88.8 Å². The van der Waals surface area contributed by atoms with Crippen LogP contribution in [0.2, 0.25) is 0 Å². The van der Waals surface area contributed by atoms with Crippen molar-refractivity contribution in [3.63, 3.8) is 0 Å². The molecule has 0 aliphatic heterocycles. The van der Waals surface area contributed by atoms with E-state index in [4.69, 9.17) is 0 Å². The van der Waals surface area contributed by atoms with Crippen LogP contribution >= 0.6 is 0 Å². The Morgan fingerprint density at radius 1 is 0.680 bits per heavy atom. The molecule has 0 radical (unpaired) electrons. The minimum atomic E-state index is 0.803. The monoisotopic (exact) mass is 335 g/mol. The molecular weight excluding hydrogens is 302 g/mol. The summed E-state index contributed by atoms with van der Waals surface area (Å²) in [7, 11) is 0. The van der Waals surface area contributed by atoms with E-state index in [9.17, 15) is 0 Å². The molecule has 1 heterocycles. The van der Waals surface area contributed by atoms with Crippen LogP contribution in [0.1, 0.15) is 65.2 Å². The lowest BCUT2D eigenvalue weighted by molar-refractivity contribution is 0.369. The smallest absolute Gasteiger partial charge is 0.0491 e. The van der Waals surface area contributed by atoms with Crippen LogP contribution in [-0.2, 0) is 6.54 Å². The van der Waals surface area contributed by atoms with E-state index < -0.39 is 0 Å². The number of hydrogen-bond acceptors (Lipinski definition) is 0. The maximum Gasteiger partial charge on any atom is 0.0491 e. The third kappa shape index (κ3) is 4.26. The molecule has 0 saturated carbocycles. The van der Waals surface area contributed by atoms with Gasteiger partial charge in [-0.2, -0.15) is 0 Å². The highest BCUT2D eigenvalue weighted by atomic mass is 15.0. The summed E-state index contributed by atoms with van der Waals surface area (Å²) in [6, 6.07) is 17.8. The Hall–Kier alpha value is -1.76. The number of hydrogen-bond donors (Lipinski definition) is 0. The summed E-state index contributed by atoms with van der Waals surface area (Å²) >= 11 is 0. The van der Waals surface area contributed by atoms with E-state index in [0.29, 0.717) is 0 Å². The first-order valence-electron chi connectivity index (χ1n) is 10.3. The minimum Gasteiger partial charge on any atom is -0.340 e. The first kappa shape index (κ1) is 18.0. The largest absolute Gasteiger partial charge is 0.340 e. The second-order valence-corrected chi connectivity index (χ2v) is 7.50. The van der Waals surface area contributed by atoms with Gasteiger partial charge in [-0.15, -0.1) is 0 Å². The number of nitrogens with zero attached hydrogens (tertiary/aromatic N) is 1. The van der Waals surface area contributed by atoms with Gasteiger partial charge in [0, 0.05) is 28.4 Å². The van der Waals surface area contributed by atoms with Crippen LogP contribution in [0, 0.1) is 5.92 Å². The maximum atomic E-state index is 2.59. The van der Waals surface area contributed by atoms with Crippen LogP contribution < -0.4 is 0 Å². The minimum absolute atomic E-state index is 0.803. The van der Waals surface area contributed by atoms with E-state index in [1.165, 1.54) is 79.7 Å². The van der Waals surface area contributed by atoms with Gasteiger partial charge in [-0.25, -0.2) is 0 Å². The predicted molar refractivity (Wildman–Crippen MR) is 111 cm³/mol. The van der Waals surface area contributed by atoms with Crippen LogP contribution in [-0.4, -0.2) is 4.57 Å². The van der Waals surface area contributed by atoms with Gasteiger partial charge in [0.05, 0.1) is 0 Å². The molecule has 0 fully saturated rings. The molecule has 0 aliphatic carbocycles. The van der Waals surface area contributed by atoms with Crippen molar-refractivity contribution >= 4 is 21.8 Å². The van der Waals surface area contributed by atoms with Crippen molar-refractivity contribution in [2.75, 3.05) is 0 Å². The van der Waals surface area contributed by atoms with E-state index >= 15 is 0 Å². The zero-order chi connectivity index (χ0) is 17.5. The number of rotatable bonds is 10. The van der Waals surface area contributed by atoms with Crippen molar-refractivity contribution < 1.29 is 0 Å². The van der Waals surface area contributed by atoms with Gasteiger partial charge >= 0.3 is 0 Å². The lowest BCUT2D eigenvalue weighted by Crippen LogP contribution is -2.11. The Bertz CT molecular complexity index is 720. The van der Waals surface area contributed by atoms with E-state index in [0.717, 1.165) is 5.92 Å². The molecule has 0 amide bonds. The van der Waals surface area contributed by atoms with E-state index in [-0.39, 0.29) is 0 Å². The van der Waals surface area contributed by atoms with Crippen LogP contribution in [0.5, 0.6) is 0 Å². The summed E-state index contributed by atoms with van der Waals surface area (Å²) in [4.78, 5) is 0. The Morgan fingerprint density at radius 2 is 1.16 bits per heavy atom. The SMILES string of the molecule is CCCCCC(CCCCC)Cn1c2ccccc2c2ccccc21. The zero-order valence-corrected chi connectivity index (χ0v) is 16.0. The number of unbranched alkanes of at least 4 members (excludes halogenated alkanes) is 4. The molecule has 3 aromatic rings. The average molecular weight is 336 g/mol. The van der Waals surface area contributed by atoms with Crippen molar-refractivity contribution in [1.82, 2.24) is 4.57 Å². The summed E-state index contributed by atoms with van der Waals surface area (Å²) in [5.41, 5.74) is 2.80. The summed E-state index contributed by atoms with van der Waals surface area (Å²) in [5.74, 6) is 0.803. The predicted octanol–water partition coefficient (Wildman–Crippen LogP) is 7.57. The fraction of sp³-hybridized carbons (Fsp3) is 0.500. The number of aromatic nitrogens is 1. The van der Waals surface area contributed by atoms with Crippen molar-refractivity contribution in [1.29, 1.82) is 0 Å². The molecule has 25 heavy (non-hydrogen) atoms. The van der Waals surface area contributed by atoms with Gasteiger partial charge in [0.2, 0.25) is 0 Å². The van der Waals surface area contributed by atoms with Crippen LogP contribution in [0.15, 0.2) is 48.5 Å². The first-order valence-corrected chi connectivity index (χ1v) is 10.3. The molecule has 1 heteroatoms. The normalized spacial score (nSPS) is 11.8. The van der Waals surface area contributed by atoms with Crippen LogP contribution in [0.3, 0.4) is 0 Å². The molecule has 0 atom stereocenters. The highest BCUT2D eigenvalue weighted by molar-refractivity contribution is 6.07. The van der Waals surface area contributed by atoms with Gasteiger partial charge in [-0.05, 0) is 30.9 Å². The number of para-hydroxylation sites is 2. The Balaban J connectivity index is 1.88. The third-order valence-corrected chi connectivity index (χ3v) is 5.55. The lowest BCUT2D eigenvalue weighted by Gasteiger charge is -2.19. The molecule has 0 saturated heterocycles. The first-order chi connectivity index (χ1) is 12.3. The maximum absolute atomic E-state index is 2.59. The summed E-state index contributed by atoms with van der Waals surface area (Å²) in [6.07, 6.45) is 10.9. The molecule has 0 N–H and O–H groups in total. The molecule has 0 spiro atoms. The molecule has 2 aromatic carbocycles. The fourth-order valence-electron chi connectivity index (χ4n) is 4.15. The number of fused-ring (bicyclic) bond motifs is 3.